The van der Waals surface area contributed by atoms with Gasteiger partial charge in [0.05, 0.1) is 18.4 Å². The molecule has 1 aliphatic heterocycles. The lowest BCUT2D eigenvalue weighted by Crippen LogP contribution is -2.36. The number of nitrogens with zero attached hydrogens (tertiary/aromatic N) is 2. The standard InChI is InChI=1S/C26H20N2O3/c1-28-24-11-8-19(5-3-4-18-6-9-21(31-2)10-7-18)16-22(24)25(29)23(26(28)30)17-20-12-14-27-15-13-20/h6-17H,4H2,1-2H3/b23-17+. The highest BCUT2D eigenvalue weighted by Gasteiger charge is 2.32. The van der Waals surface area contributed by atoms with Gasteiger partial charge in [0.25, 0.3) is 5.91 Å². The third-order valence-electron chi connectivity index (χ3n) is 5.08. The minimum Gasteiger partial charge on any atom is -0.497 e. The number of hydrogen-bond acceptors (Lipinski definition) is 4. The molecule has 4 rings (SSSR count). The monoisotopic (exact) mass is 408 g/mol. The van der Waals surface area contributed by atoms with Crippen molar-refractivity contribution in [2.45, 2.75) is 6.42 Å². The van der Waals surface area contributed by atoms with E-state index in [9.17, 15) is 9.59 Å². The number of aromatic nitrogens is 1. The van der Waals surface area contributed by atoms with Crippen LogP contribution in [0.25, 0.3) is 6.08 Å². The van der Waals surface area contributed by atoms with Crippen molar-refractivity contribution in [2.24, 2.45) is 0 Å². The number of hydrogen-bond donors (Lipinski definition) is 0. The van der Waals surface area contributed by atoms with Gasteiger partial charge in [-0.05, 0) is 59.7 Å². The van der Waals surface area contributed by atoms with Gasteiger partial charge in [0, 0.05) is 37.0 Å². The normalized spacial score (nSPS) is 14.1. The summed E-state index contributed by atoms with van der Waals surface area (Å²) in [6, 6.07) is 16.6. The van der Waals surface area contributed by atoms with Crippen molar-refractivity contribution in [3.8, 4) is 17.6 Å². The maximum atomic E-state index is 13.1. The van der Waals surface area contributed by atoms with E-state index in [0.717, 1.165) is 22.4 Å². The molecule has 0 saturated heterocycles. The van der Waals surface area contributed by atoms with Crippen molar-refractivity contribution in [3.05, 3.63) is 94.8 Å². The first kappa shape index (κ1) is 20.1. The molecule has 0 bridgehead atoms. The molecule has 5 nitrogen and oxygen atoms in total. The molecule has 152 valence electrons. The lowest BCUT2D eigenvalue weighted by Gasteiger charge is -2.26. The maximum absolute atomic E-state index is 13.1. The first-order chi connectivity index (χ1) is 15.1. The third-order valence-corrected chi connectivity index (χ3v) is 5.08. The van der Waals surface area contributed by atoms with Crippen LogP contribution in [-0.4, -0.2) is 30.8 Å². The van der Waals surface area contributed by atoms with Crippen LogP contribution in [0.1, 0.15) is 27.0 Å². The van der Waals surface area contributed by atoms with E-state index in [4.69, 9.17) is 4.74 Å². The molecule has 2 heterocycles. The number of pyridine rings is 1. The Morgan fingerprint density at radius 1 is 1.03 bits per heavy atom. The second-order valence-corrected chi connectivity index (χ2v) is 7.09. The summed E-state index contributed by atoms with van der Waals surface area (Å²) in [5.41, 5.74) is 3.74. The summed E-state index contributed by atoms with van der Waals surface area (Å²) in [5, 5.41) is 0. The summed E-state index contributed by atoms with van der Waals surface area (Å²) in [7, 11) is 3.30. The Hall–Kier alpha value is -4.17. The lowest BCUT2D eigenvalue weighted by molar-refractivity contribution is -0.114. The van der Waals surface area contributed by atoms with Gasteiger partial charge in [0.2, 0.25) is 5.78 Å². The molecule has 5 heteroatoms. The fourth-order valence-electron chi connectivity index (χ4n) is 3.37. The smallest absolute Gasteiger partial charge is 0.262 e. The number of Topliss-reactive ketones (excluding diaryl/α,β-unsaturated/α-hetero) is 1. The van der Waals surface area contributed by atoms with Crippen LogP contribution in [0.15, 0.2) is 72.6 Å². The average Bonchev–Trinajstić information content (AvgIpc) is 2.81. The maximum Gasteiger partial charge on any atom is 0.262 e. The second-order valence-electron chi connectivity index (χ2n) is 7.09. The molecule has 3 aromatic rings. The van der Waals surface area contributed by atoms with Crippen LogP contribution in [0.5, 0.6) is 5.75 Å². The SMILES string of the molecule is COc1ccc(CC#Cc2ccc3c(c2)C(=O)/C(=C\c2ccncc2)C(=O)N3C)cc1. The number of rotatable bonds is 3. The van der Waals surface area contributed by atoms with Gasteiger partial charge in [-0.25, -0.2) is 0 Å². The van der Waals surface area contributed by atoms with Gasteiger partial charge < -0.3 is 9.64 Å². The molecule has 1 amide bonds. The van der Waals surface area contributed by atoms with Crippen molar-refractivity contribution in [1.82, 2.24) is 4.98 Å². The van der Waals surface area contributed by atoms with E-state index in [1.165, 1.54) is 4.90 Å². The van der Waals surface area contributed by atoms with Crippen LogP contribution in [0.4, 0.5) is 5.69 Å². The first-order valence-corrected chi connectivity index (χ1v) is 9.77. The molecule has 0 fully saturated rings. The Balaban J connectivity index is 1.61. The van der Waals surface area contributed by atoms with E-state index in [2.05, 4.69) is 16.8 Å². The highest BCUT2D eigenvalue weighted by atomic mass is 16.5. The minimum absolute atomic E-state index is 0.129. The molecule has 0 unspecified atom stereocenters. The number of ether oxygens (including phenoxy) is 1. The van der Waals surface area contributed by atoms with Crippen LogP contribution in [0.3, 0.4) is 0 Å². The van der Waals surface area contributed by atoms with E-state index in [-0.39, 0.29) is 17.3 Å². The summed E-state index contributed by atoms with van der Waals surface area (Å²) >= 11 is 0. The topological polar surface area (TPSA) is 59.5 Å². The minimum atomic E-state index is -0.326. The van der Waals surface area contributed by atoms with Crippen molar-refractivity contribution < 1.29 is 14.3 Å². The van der Waals surface area contributed by atoms with Gasteiger partial charge in [-0.3, -0.25) is 14.6 Å². The number of carbonyl (C=O) groups is 2. The van der Waals surface area contributed by atoms with E-state index in [0.29, 0.717) is 17.7 Å². The van der Waals surface area contributed by atoms with Crippen molar-refractivity contribution >= 4 is 23.5 Å². The van der Waals surface area contributed by atoms with E-state index < -0.39 is 0 Å². The number of anilines is 1. The zero-order valence-electron chi connectivity index (χ0n) is 17.3. The number of fused-ring (bicyclic) bond motifs is 1. The highest BCUT2D eigenvalue weighted by Crippen LogP contribution is 2.31. The summed E-state index contributed by atoms with van der Waals surface area (Å²) in [6.07, 6.45) is 5.44. The Bertz CT molecular complexity index is 1230. The Labute approximate surface area is 181 Å². The van der Waals surface area contributed by atoms with Crippen LogP contribution in [0, 0.1) is 11.8 Å². The Kier molecular flexibility index (Phi) is 5.63. The second kappa shape index (κ2) is 8.68. The molecule has 2 aromatic carbocycles. The number of amides is 1. The van der Waals surface area contributed by atoms with E-state index in [1.807, 2.05) is 30.3 Å². The van der Waals surface area contributed by atoms with Crippen molar-refractivity contribution in [1.29, 1.82) is 0 Å². The van der Waals surface area contributed by atoms with Gasteiger partial charge in [-0.15, -0.1) is 0 Å². The summed E-state index contributed by atoms with van der Waals surface area (Å²) in [4.78, 5) is 31.3. The number of benzene rings is 2. The van der Waals surface area contributed by atoms with E-state index >= 15 is 0 Å². The quantitative estimate of drug-likeness (QED) is 0.374. The van der Waals surface area contributed by atoms with E-state index in [1.54, 1.807) is 56.9 Å². The van der Waals surface area contributed by atoms with Crippen molar-refractivity contribution in [3.63, 3.8) is 0 Å². The van der Waals surface area contributed by atoms with Gasteiger partial charge in [-0.2, -0.15) is 0 Å². The van der Waals surface area contributed by atoms with Crippen LogP contribution < -0.4 is 9.64 Å². The number of methoxy groups -OCH3 is 1. The van der Waals surface area contributed by atoms with Crippen LogP contribution in [-0.2, 0) is 11.2 Å². The fraction of sp³-hybridized carbons (Fsp3) is 0.115. The molecular formula is C26H20N2O3. The number of ketones is 1. The largest absolute Gasteiger partial charge is 0.497 e. The Morgan fingerprint density at radius 2 is 1.77 bits per heavy atom. The molecule has 0 spiro atoms. The van der Waals surface area contributed by atoms with Gasteiger partial charge >= 0.3 is 0 Å². The van der Waals surface area contributed by atoms with Gasteiger partial charge in [0.1, 0.15) is 5.75 Å². The zero-order chi connectivity index (χ0) is 21.8. The number of carbonyl (C=O) groups excluding carboxylic acids is 2. The summed E-state index contributed by atoms with van der Waals surface area (Å²) in [6.45, 7) is 0. The predicted octanol–water partition coefficient (Wildman–Crippen LogP) is 3.93. The Morgan fingerprint density at radius 3 is 2.48 bits per heavy atom. The van der Waals surface area contributed by atoms with Gasteiger partial charge in [0.15, 0.2) is 0 Å². The third kappa shape index (κ3) is 4.24. The van der Waals surface area contributed by atoms with Crippen molar-refractivity contribution in [2.75, 3.05) is 19.1 Å². The first-order valence-electron chi connectivity index (χ1n) is 9.77. The highest BCUT2D eigenvalue weighted by molar-refractivity contribution is 6.36. The fourth-order valence-corrected chi connectivity index (χ4v) is 3.37. The molecule has 31 heavy (non-hydrogen) atoms. The molecule has 0 saturated carbocycles. The molecule has 1 aromatic heterocycles. The molecule has 1 aliphatic rings. The summed E-state index contributed by atoms with van der Waals surface area (Å²) in [5.74, 6) is 6.44. The molecule has 0 radical (unpaired) electrons. The molecule has 0 N–H and O–H groups in total. The molecular weight excluding hydrogens is 388 g/mol. The van der Waals surface area contributed by atoms with Crippen LogP contribution >= 0.6 is 0 Å². The lowest BCUT2D eigenvalue weighted by atomic mass is 9.93. The number of likely N-dealkylation sites (N-methyl/N-ethyl adjacent to an activating group) is 1. The van der Waals surface area contributed by atoms with Gasteiger partial charge in [-0.1, -0.05) is 24.0 Å². The molecule has 0 atom stereocenters. The van der Waals surface area contributed by atoms with Crippen LogP contribution in [0.2, 0.25) is 0 Å². The molecule has 0 aliphatic carbocycles. The zero-order valence-corrected chi connectivity index (χ0v) is 17.3. The average molecular weight is 408 g/mol. The summed E-state index contributed by atoms with van der Waals surface area (Å²) < 4.78 is 5.16. The predicted molar refractivity (Wildman–Crippen MR) is 120 cm³/mol.